The number of amides is 2. The van der Waals surface area contributed by atoms with Crippen LogP contribution in [0, 0.1) is 0 Å². The van der Waals surface area contributed by atoms with Crippen LogP contribution in [0.2, 0.25) is 0 Å². The molecule has 0 fully saturated rings. The Balaban J connectivity index is 2.30. The first-order valence-corrected chi connectivity index (χ1v) is 5.26. The smallest absolute Gasteiger partial charge is 0.274 e. The van der Waals surface area contributed by atoms with E-state index >= 15 is 0 Å². The number of hydrogen-bond acceptors (Lipinski definition) is 3. The van der Waals surface area contributed by atoms with Gasteiger partial charge in [0.1, 0.15) is 11.4 Å². The summed E-state index contributed by atoms with van der Waals surface area (Å²) >= 11 is 0. The van der Waals surface area contributed by atoms with Gasteiger partial charge >= 0.3 is 0 Å². The van der Waals surface area contributed by atoms with Gasteiger partial charge in [-0.05, 0) is 24.3 Å². The second-order valence-corrected chi connectivity index (χ2v) is 3.69. The SMILES string of the molecule is CCC(=O)NC(=O)c1cc2cc(O)ccc2[nH]1. The van der Waals surface area contributed by atoms with Crippen molar-refractivity contribution in [2.45, 2.75) is 13.3 Å². The van der Waals surface area contributed by atoms with Crippen molar-refractivity contribution in [3.63, 3.8) is 0 Å². The Bertz CT molecular complexity index is 586. The van der Waals surface area contributed by atoms with Gasteiger partial charge in [-0.1, -0.05) is 6.92 Å². The number of aromatic nitrogens is 1. The van der Waals surface area contributed by atoms with E-state index in [0.717, 1.165) is 10.9 Å². The summed E-state index contributed by atoms with van der Waals surface area (Å²) in [6.07, 6.45) is 0.257. The summed E-state index contributed by atoms with van der Waals surface area (Å²) in [5, 5.41) is 12.3. The molecule has 0 aliphatic carbocycles. The molecule has 1 aromatic carbocycles. The molecule has 0 unspecified atom stereocenters. The molecule has 88 valence electrons. The Morgan fingerprint density at radius 1 is 1.35 bits per heavy atom. The van der Waals surface area contributed by atoms with Crippen molar-refractivity contribution >= 4 is 22.7 Å². The third-order valence-electron chi connectivity index (χ3n) is 2.42. The van der Waals surface area contributed by atoms with Gasteiger partial charge in [0.15, 0.2) is 0 Å². The van der Waals surface area contributed by atoms with Crippen LogP contribution >= 0.6 is 0 Å². The van der Waals surface area contributed by atoms with Crippen LogP contribution in [0.1, 0.15) is 23.8 Å². The molecule has 3 N–H and O–H groups in total. The summed E-state index contributed by atoms with van der Waals surface area (Å²) < 4.78 is 0. The molecule has 0 spiro atoms. The zero-order chi connectivity index (χ0) is 12.4. The predicted octanol–water partition coefficient (Wildman–Crippen LogP) is 1.54. The average molecular weight is 232 g/mol. The number of fused-ring (bicyclic) bond motifs is 1. The molecule has 0 atom stereocenters. The number of carbonyl (C=O) groups excluding carboxylic acids is 2. The maximum atomic E-state index is 11.6. The summed E-state index contributed by atoms with van der Waals surface area (Å²) in [5.74, 6) is -0.655. The lowest BCUT2D eigenvalue weighted by Crippen LogP contribution is -2.29. The predicted molar refractivity (Wildman–Crippen MR) is 62.7 cm³/mol. The molecule has 5 heteroatoms. The van der Waals surface area contributed by atoms with E-state index in [9.17, 15) is 14.7 Å². The number of aromatic hydroxyl groups is 1. The minimum atomic E-state index is -0.465. The Labute approximate surface area is 97.4 Å². The van der Waals surface area contributed by atoms with E-state index in [0.29, 0.717) is 5.69 Å². The van der Waals surface area contributed by atoms with E-state index in [1.165, 1.54) is 6.07 Å². The lowest BCUT2D eigenvalue weighted by Gasteiger charge is -1.98. The number of H-pyrrole nitrogens is 1. The number of phenols is 1. The van der Waals surface area contributed by atoms with Gasteiger partial charge in [-0.2, -0.15) is 0 Å². The maximum absolute atomic E-state index is 11.6. The second-order valence-electron chi connectivity index (χ2n) is 3.69. The van der Waals surface area contributed by atoms with Crippen molar-refractivity contribution in [3.05, 3.63) is 30.0 Å². The quantitative estimate of drug-likeness (QED) is 0.734. The molecule has 2 rings (SSSR count). The third kappa shape index (κ3) is 2.28. The second kappa shape index (κ2) is 4.29. The van der Waals surface area contributed by atoms with E-state index in [4.69, 9.17) is 0 Å². The van der Waals surface area contributed by atoms with Gasteiger partial charge in [0.05, 0.1) is 0 Å². The summed E-state index contributed by atoms with van der Waals surface area (Å²) in [4.78, 5) is 25.6. The fraction of sp³-hybridized carbons (Fsp3) is 0.167. The molecule has 2 aromatic rings. The summed E-state index contributed by atoms with van der Waals surface area (Å²) in [6, 6.07) is 6.33. The van der Waals surface area contributed by atoms with Crippen LogP contribution in [-0.4, -0.2) is 21.9 Å². The van der Waals surface area contributed by atoms with Crippen molar-refractivity contribution in [1.82, 2.24) is 10.3 Å². The van der Waals surface area contributed by atoms with Gasteiger partial charge in [0, 0.05) is 17.3 Å². The molecule has 17 heavy (non-hydrogen) atoms. The van der Waals surface area contributed by atoms with E-state index in [1.807, 2.05) is 0 Å². The zero-order valence-corrected chi connectivity index (χ0v) is 9.28. The van der Waals surface area contributed by atoms with Gasteiger partial charge in [-0.25, -0.2) is 0 Å². The number of aromatic amines is 1. The van der Waals surface area contributed by atoms with Crippen molar-refractivity contribution in [1.29, 1.82) is 0 Å². The van der Waals surface area contributed by atoms with Gasteiger partial charge in [-0.3, -0.25) is 14.9 Å². The van der Waals surface area contributed by atoms with Crippen LogP contribution in [0.3, 0.4) is 0 Å². The molecule has 0 saturated heterocycles. The highest BCUT2D eigenvalue weighted by Gasteiger charge is 2.11. The minimum absolute atomic E-state index is 0.132. The van der Waals surface area contributed by atoms with Crippen molar-refractivity contribution in [2.75, 3.05) is 0 Å². The van der Waals surface area contributed by atoms with Gasteiger partial charge in [-0.15, -0.1) is 0 Å². The summed E-state index contributed by atoms with van der Waals surface area (Å²) in [7, 11) is 0. The molecule has 1 aromatic heterocycles. The van der Waals surface area contributed by atoms with Gasteiger partial charge < -0.3 is 10.1 Å². The van der Waals surface area contributed by atoms with Crippen LogP contribution in [0.15, 0.2) is 24.3 Å². The molecule has 0 saturated carbocycles. The fourth-order valence-electron chi connectivity index (χ4n) is 1.52. The Kier molecular flexibility index (Phi) is 2.82. The first-order valence-electron chi connectivity index (χ1n) is 5.26. The Morgan fingerprint density at radius 3 is 2.82 bits per heavy atom. The highest BCUT2D eigenvalue weighted by atomic mass is 16.3. The molecule has 1 heterocycles. The number of imide groups is 1. The Morgan fingerprint density at radius 2 is 2.12 bits per heavy atom. The van der Waals surface area contributed by atoms with Crippen molar-refractivity contribution in [3.8, 4) is 5.75 Å². The number of nitrogens with one attached hydrogen (secondary N) is 2. The highest BCUT2D eigenvalue weighted by Crippen LogP contribution is 2.20. The molecular weight excluding hydrogens is 220 g/mol. The Hall–Kier alpha value is -2.30. The van der Waals surface area contributed by atoms with Crippen molar-refractivity contribution in [2.24, 2.45) is 0 Å². The fourth-order valence-corrected chi connectivity index (χ4v) is 1.52. The molecule has 5 nitrogen and oxygen atoms in total. The molecular formula is C12H12N2O3. The molecule has 2 amide bonds. The first kappa shape index (κ1) is 11.2. The van der Waals surface area contributed by atoms with Crippen LogP contribution in [0.4, 0.5) is 0 Å². The summed E-state index contributed by atoms with van der Waals surface area (Å²) in [6.45, 7) is 1.67. The first-order chi connectivity index (χ1) is 8.10. The molecule has 0 bridgehead atoms. The standard InChI is InChI=1S/C12H12N2O3/c1-2-11(16)14-12(17)10-6-7-5-8(15)3-4-9(7)13-10/h3-6,13,15H,2H2,1H3,(H,14,16,17). The molecule has 0 aliphatic rings. The largest absolute Gasteiger partial charge is 0.508 e. The van der Waals surface area contributed by atoms with Gasteiger partial charge in [0.2, 0.25) is 5.91 Å². The number of benzene rings is 1. The van der Waals surface area contributed by atoms with E-state index < -0.39 is 5.91 Å². The van der Waals surface area contributed by atoms with E-state index in [1.54, 1.807) is 25.1 Å². The lowest BCUT2D eigenvalue weighted by molar-refractivity contribution is -0.119. The molecule has 0 radical (unpaired) electrons. The number of rotatable bonds is 2. The van der Waals surface area contributed by atoms with Crippen LogP contribution in [0.25, 0.3) is 10.9 Å². The summed E-state index contributed by atoms with van der Waals surface area (Å²) in [5.41, 5.74) is 1.03. The minimum Gasteiger partial charge on any atom is -0.508 e. The average Bonchev–Trinajstić information content (AvgIpc) is 2.71. The number of carbonyl (C=O) groups is 2. The van der Waals surface area contributed by atoms with Crippen LogP contribution in [-0.2, 0) is 4.79 Å². The highest BCUT2D eigenvalue weighted by molar-refractivity contribution is 6.06. The number of hydrogen-bond donors (Lipinski definition) is 3. The maximum Gasteiger partial charge on any atom is 0.274 e. The van der Waals surface area contributed by atoms with E-state index in [2.05, 4.69) is 10.3 Å². The number of phenolic OH excluding ortho intramolecular Hbond substituents is 1. The molecule has 0 aliphatic heterocycles. The third-order valence-corrected chi connectivity index (χ3v) is 2.42. The monoisotopic (exact) mass is 232 g/mol. The lowest BCUT2D eigenvalue weighted by atomic mass is 10.2. The topological polar surface area (TPSA) is 82.2 Å². The van der Waals surface area contributed by atoms with Crippen LogP contribution in [0.5, 0.6) is 5.75 Å². The van der Waals surface area contributed by atoms with E-state index in [-0.39, 0.29) is 18.1 Å². The zero-order valence-electron chi connectivity index (χ0n) is 9.28. The van der Waals surface area contributed by atoms with Crippen molar-refractivity contribution < 1.29 is 14.7 Å². The normalized spacial score (nSPS) is 10.4. The van der Waals surface area contributed by atoms with Gasteiger partial charge in [0.25, 0.3) is 5.91 Å². The van der Waals surface area contributed by atoms with Crippen LogP contribution < -0.4 is 5.32 Å².